The van der Waals surface area contributed by atoms with Gasteiger partial charge in [-0.25, -0.2) is 4.79 Å². The highest BCUT2D eigenvalue weighted by atomic mass is 16.6. The maximum atomic E-state index is 12.8. The zero-order valence-corrected chi connectivity index (χ0v) is 24.2. The van der Waals surface area contributed by atoms with Gasteiger partial charge < -0.3 is 34.6 Å². The zero-order chi connectivity index (χ0) is 28.6. The first-order valence-electron chi connectivity index (χ1n) is 14.7. The summed E-state index contributed by atoms with van der Waals surface area (Å²) in [5.41, 5.74) is 2.56. The zero-order valence-electron chi connectivity index (χ0n) is 24.2. The van der Waals surface area contributed by atoms with Crippen LogP contribution < -0.4 is 19.9 Å². The predicted molar refractivity (Wildman–Crippen MR) is 159 cm³/mol. The minimum Gasteiger partial charge on any atom is -0.508 e. The molecule has 0 radical (unpaired) electrons. The summed E-state index contributed by atoms with van der Waals surface area (Å²) in [6, 6.07) is 12.0. The van der Waals surface area contributed by atoms with E-state index in [1.807, 2.05) is 45.0 Å². The molecule has 0 unspecified atom stereocenters. The summed E-state index contributed by atoms with van der Waals surface area (Å²) < 4.78 is 11.9. The van der Waals surface area contributed by atoms with Crippen molar-refractivity contribution >= 4 is 28.4 Å². The molecule has 1 aromatic heterocycles. The Bertz CT molecular complexity index is 1420. The molecule has 4 heterocycles. The summed E-state index contributed by atoms with van der Waals surface area (Å²) >= 11 is 0. The second-order valence-corrected chi connectivity index (χ2v) is 12.1. The molecule has 1 amide bonds. The summed E-state index contributed by atoms with van der Waals surface area (Å²) in [6.45, 7) is 11.6. The van der Waals surface area contributed by atoms with E-state index in [1.54, 1.807) is 11.0 Å². The first-order valence-corrected chi connectivity index (χ1v) is 14.7. The number of likely N-dealkylation sites (tertiary alicyclic amines) is 1. The molecule has 6 rings (SSSR count). The molecule has 2 N–H and O–H groups in total. The molecule has 1 atom stereocenters. The monoisotopic (exact) mass is 560 g/mol. The molecule has 2 aromatic carbocycles. The molecule has 10 heteroatoms. The summed E-state index contributed by atoms with van der Waals surface area (Å²) in [4.78, 5) is 29.0. The van der Waals surface area contributed by atoms with Gasteiger partial charge >= 0.3 is 12.1 Å². The molecule has 0 aliphatic carbocycles. The number of fused-ring (bicyclic) bond motifs is 2. The fourth-order valence-electron chi connectivity index (χ4n) is 6.07. The number of hydrogen-bond acceptors (Lipinski definition) is 9. The van der Waals surface area contributed by atoms with E-state index in [9.17, 15) is 9.90 Å². The van der Waals surface area contributed by atoms with Gasteiger partial charge in [-0.15, -0.1) is 0 Å². The molecule has 218 valence electrons. The highest BCUT2D eigenvalue weighted by Gasteiger charge is 2.33. The van der Waals surface area contributed by atoms with Crippen molar-refractivity contribution in [1.29, 1.82) is 0 Å². The van der Waals surface area contributed by atoms with Gasteiger partial charge in [-0.3, -0.25) is 0 Å². The van der Waals surface area contributed by atoms with Crippen LogP contribution in [-0.4, -0.2) is 83.6 Å². The van der Waals surface area contributed by atoms with Gasteiger partial charge in [-0.1, -0.05) is 24.3 Å². The third kappa shape index (κ3) is 5.98. The normalized spacial score (nSPS) is 19.4. The van der Waals surface area contributed by atoms with Crippen LogP contribution in [0.2, 0.25) is 0 Å². The van der Waals surface area contributed by atoms with Gasteiger partial charge in [0.15, 0.2) is 0 Å². The van der Waals surface area contributed by atoms with Crippen LogP contribution in [-0.2, 0) is 17.7 Å². The smallest absolute Gasteiger partial charge is 0.410 e. The van der Waals surface area contributed by atoms with Crippen molar-refractivity contribution in [2.45, 2.75) is 58.2 Å². The Morgan fingerprint density at radius 3 is 2.68 bits per heavy atom. The molecule has 3 aromatic rings. The maximum absolute atomic E-state index is 12.8. The third-order valence-electron chi connectivity index (χ3n) is 8.01. The van der Waals surface area contributed by atoms with E-state index in [4.69, 9.17) is 19.4 Å². The number of nitrogens with zero attached hydrogens (tertiary/aromatic N) is 5. The minimum absolute atomic E-state index is 0.0812. The van der Waals surface area contributed by atoms with Gasteiger partial charge in [0, 0.05) is 62.0 Å². The second-order valence-electron chi connectivity index (χ2n) is 12.1. The summed E-state index contributed by atoms with van der Waals surface area (Å²) in [5.74, 6) is 1.20. The molecule has 3 aliphatic rings. The number of phenolic OH excluding ortho intramolecular Hbond substituents is 1. The topological polar surface area (TPSA) is 103 Å². The average molecular weight is 561 g/mol. The lowest BCUT2D eigenvalue weighted by atomic mass is 10.0. The van der Waals surface area contributed by atoms with Crippen LogP contribution in [0.25, 0.3) is 10.8 Å². The summed E-state index contributed by atoms with van der Waals surface area (Å²) in [6.07, 6.45) is 2.27. The summed E-state index contributed by atoms with van der Waals surface area (Å²) in [5, 5.41) is 16.0. The number of anilines is 2. The quantitative estimate of drug-likeness (QED) is 0.478. The van der Waals surface area contributed by atoms with Gasteiger partial charge in [0.25, 0.3) is 0 Å². The van der Waals surface area contributed by atoms with Crippen LogP contribution in [0, 0.1) is 0 Å². The van der Waals surface area contributed by atoms with Gasteiger partial charge in [0.05, 0.1) is 18.3 Å². The number of ether oxygens (including phenoxy) is 2. The van der Waals surface area contributed by atoms with Crippen molar-refractivity contribution in [2.75, 3.05) is 55.7 Å². The fraction of sp³-hybridized carbons (Fsp3) is 0.516. The lowest BCUT2D eigenvalue weighted by molar-refractivity contribution is 0.0183. The first-order chi connectivity index (χ1) is 19.7. The molecule has 2 fully saturated rings. The Labute approximate surface area is 241 Å². The number of amides is 1. The number of phenols is 1. The Balaban J connectivity index is 1.27. The number of piperazine rings is 1. The molecule has 3 aliphatic heterocycles. The molecule has 0 bridgehead atoms. The molecule has 2 saturated heterocycles. The van der Waals surface area contributed by atoms with Crippen molar-refractivity contribution in [1.82, 2.24) is 20.2 Å². The number of benzene rings is 2. The average Bonchev–Trinajstić information content (AvgIpc) is 3.43. The van der Waals surface area contributed by atoms with Gasteiger partial charge in [0.1, 0.15) is 23.8 Å². The number of nitrogens with one attached hydrogen (secondary N) is 1. The number of carbonyl (C=O) groups is 1. The van der Waals surface area contributed by atoms with Crippen LogP contribution in [0.1, 0.15) is 44.9 Å². The van der Waals surface area contributed by atoms with E-state index in [0.717, 1.165) is 85.5 Å². The van der Waals surface area contributed by atoms with Crippen molar-refractivity contribution in [2.24, 2.45) is 0 Å². The first kappa shape index (κ1) is 27.4. The predicted octanol–water partition coefficient (Wildman–Crippen LogP) is 4.09. The molecule has 0 spiro atoms. The van der Waals surface area contributed by atoms with Crippen molar-refractivity contribution in [3.63, 3.8) is 0 Å². The SMILES string of the molecule is CC(C)(C)OC(=O)N1CCC[C@H]1COc1nc2c(c(N3CCNCC3)n1)CCN(c1cc(O)cc3ccccc13)C2. The standard InChI is InChI=1S/C31H40N6O4/c1-31(2,3)41-30(39)37-13-6-8-22(37)20-40-29-33-26-19-36(27-18-23(38)17-21-7-4-5-9-24(21)27)14-10-25(26)28(34-29)35-15-11-32-12-16-35/h4-5,7,9,17-18,22,32,38H,6,8,10-16,19-20H2,1-3H3/t22-/m0/s1. The van der Waals surface area contributed by atoms with Crippen LogP contribution in [0.3, 0.4) is 0 Å². The third-order valence-corrected chi connectivity index (χ3v) is 8.01. The number of aromatic hydroxyl groups is 1. The van der Waals surface area contributed by atoms with E-state index >= 15 is 0 Å². The van der Waals surface area contributed by atoms with E-state index in [1.165, 1.54) is 0 Å². The van der Waals surface area contributed by atoms with Crippen molar-refractivity contribution in [3.05, 3.63) is 47.7 Å². The van der Waals surface area contributed by atoms with E-state index in [2.05, 4.69) is 21.2 Å². The number of rotatable bonds is 5. The summed E-state index contributed by atoms with van der Waals surface area (Å²) in [7, 11) is 0. The molecule has 41 heavy (non-hydrogen) atoms. The second kappa shape index (κ2) is 11.2. The lowest BCUT2D eigenvalue weighted by Gasteiger charge is -2.35. The van der Waals surface area contributed by atoms with Gasteiger partial charge in [0.2, 0.25) is 0 Å². The van der Waals surface area contributed by atoms with Gasteiger partial charge in [-0.05, 0) is 51.5 Å². The minimum atomic E-state index is -0.544. The largest absolute Gasteiger partial charge is 0.508 e. The Kier molecular flexibility index (Phi) is 7.50. The molecular formula is C31H40N6O4. The van der Waals surface area contributed by atoms with Crippen LogP contribution in [0.4, 0.5) is 16.3 Å². The number of hydrogen-bond donors (Lipinski definition) is 2. The fourth-order valence-corrected chi connectivity index (χ4v) is 6.07. The van der Waals surface area contributed by atoms with E-state index in [-0.39, 0.29) is 17.9 Å². The Hall–Kier alpha value is -3.79. The Morgan fingerprint density at radius 2 is 1.88 bits per heavy atom. The molecular weight excluding hydrogens is 520 g/mol. The van der Waals surface area contributed by atoms with Crippen LogP contribution in [0.5, 0.6) is 11.8 Å². The van der Waals surface area contributed by atoms with Crippen molar-refractivity contribution in [3.8, 4) is 11.8 Å². The van der Waals surface area contributed by atoms with Crippen LogP contribution >= 0.6 is 0 Å². The van der Waals surface area contributed by atoms with E-state index < -0.39 is 5.60 Å². The molecule has 0 saturated carbocycles. The highest BCUT2D eigenvalue weighted by Crippen LogP contribution is 2.36. The lowest BCUT2D eigenvalue weighted by Crippen LogP contribution is -2.45. The maximum Gasteiger partial charge on any atom is 0.410 e. The van der Waals surface area contributed by atoms with Crippen LogP contribution in [0.15, 0.2) is 36.4 Å². The highest BCUT2D eigenvalue weighted by molar-refractivity contribution is 5.95. The molecule has 10 nitrogen and oxygen atoms in total. The van der Waals surface area contributed by atoms with Gasteiger partial charge in [-0.2, -0.15) is 9.97 Å². The number of carbonyl (C=O) groups excluding carboxylic acids is 1. The van der Waals surface area contributed by atoms with E-state index in [0.29, 0.717) is 25.7 Å². The van der Waals surface area contributed by atoms with Crippen molar-refractivity contribution < 1.29 is 19.4 Å². The Morgan fingerprint density at radius 1 is 1.07 bits per heavy atom. The number of aromatic nitrogens is 2.